The lowest BCUT2D eigenvalue weighted by Gasteiger charge is -2.19. The third-order valence-corrected chi connectivity index (χ3v) is 10.3. The van der Waals surface area contributed by atoms with E-state index in [1.165, 1.54) is 39.0 Å². The topological polar surface area (TPSA) is 104 Å². The van der Waals surface area contributed by atoms with Crippen molar-refractivity contribution in [3.05, 3.63) is 90.0 Å². The zero-order valence-electron chi connectivity index (χ0n) is 20.1. The molecule has 0 atom stereocenters. The minimum absolute atomic E-state index is 0.190. The van der Waals surface area contributed by atoms with Gasteiger partial charge in [-0.1, -0.05) is 30.3 Å². The highest BCUT2D eigenvalue weighted by Gasteiger charge is 2.30. The second kappa shape index (κ2) is 10.1. The Hall–Kier alpha value is -3.47. The number of rotatable bonds is 7. The van der Waals surface area contributed by atoms with Crippen LogP contribution >= 0.6 is 0 Å². The van der Waals surface area contributed by atoms with E-state index in [9.17, 15) is 21.6 Å². The van der Waals surface area contributed by atoms with E-state index in [1.54, 1.807) is 30.3 Å². The number of carbonyl (C=O) groups excluding carboxylic acids is 1. The van der Waals surface area contributed by atoms with Crippen LogP contribution in [0.5, 0.6) is 0 Å². The summed E-state index contributed by atoms with van der Waals surface area (Å²) in [6.45, 7) is 1.48. The number of nitrogens with zero attached hydrogens (tertiary/aromatic N) is 2. The molecule has 2 aliphatic rings. The molecule has 0 aromatic heterocycles. The van der Waals surface area contributed by atoms with Gasteiger partial charge in [-0.15, -0.1) is 0 Å². The first kappa shape index (κ1) is 25.2. The highest BCUT2D eigenvalue weighted by Crippen LogP contribution is 2.32. The van der Waals surface area contributed by atoms with Crippen LogP contribution in [0, 0.1) is 0 Å². The normalized spacial score (nSPS) is 16.3. The molecule has 8 nitrogen and oxygen atoms in total. The van der Waals surface area contributed by atoms with Gasteiger partial charge in [0.2, 0.25) is 15.9 Å². The van der Waals surface area contributed by atoms with E-state index in [2.05, 4.69) is 5.32 Å². The standard InChI is InChI=1S/C27H27N3O5S2/c31-27(28-23-10-14-24(15-11-23)36(32,33)29-18-3-4-19-29)16-9-21-7-12-25(13-8-21)37(34,35)30-20-17-22-5-1-2-6-26(22)30/h1-2,5-16H,3-4,17-20H2,(H,28,31)/b16-9+. The van der Waals surface area contributed by atoms with Crippen molar-refractivity contribution in [3.63, 3.8) is 0 Å². The summed E-state index contributed by atoms with van der Waals surface area (Å²) in [4.78, 5) is 12.8. The number of nitrogens with one attached hydrogen (secondary N) is 1. The zero-order chi connectivity index (χ0) is 26.0. The van der Waals surface area contributed by atoms with Gasteiger partial charge in [0.05, 0.1) is 15.5 Å². The van der Waals surface area contributed by atoms with E-state index in [1.807, 2.05) is 24.3 Å². The molecular formula is C27H27N3O5S2. The lowest BCUT2D eigenvalue weighted by molar-refractivity contribution is -0.111. The van der Waals surface area contributed by atoms with E-state index < -0.39 is 20.0 Å². The summed E-state index contributed by atoms with van der Waals surface area (Å²) in [6, 6.07) is 20.0. The highest BCUT2D eigenvalue weighted by atomic mass is 32.2. The molecule has 3 aromatic rings. The molecule has 1 amide bonds. The molecule has 37 heavy (non-hydrogen) atoms. The van der Waals surface area contributed by atoms with Gasteiger partial charge in [0, 0.05) is 31.4 Å². The van der Waals surface area contributed by atoms with Crippen LogP contribution in [0.2, 0.25) is 0 Å². The number of carbonyl (C=O) groups is 1. The molecule has 5 rings (SSSR count). The SMILES string of the molecule is O=C(/C=C/c1ccc(S(=O)(=O)N2CCc3ccccc32)cc1)Nc1ccc(S(=O)(=O)N2CCCC2)cc1. The van der Waals surface area contributed by atoms with Gasteiger partial charge in [0.1, 0.15) is 0 Å². The van der Waals surface area contributed by atoms with Gasteiger partial charge in [-0.25, -0.2) is 16.8 Å². The Labute approximate surface area is 217 Å². The molecular weight excluding hydrogens is 510 g/mol. The van der Waals surface area contributed by atoms with Gasteiger partial charge in [-0.2, -0.15) is 4.31 Å². The Morgan fingerprint density at radius 2 is 1.38 bits per heavy atom. The lowest BCUT2D eigenvalue weighted by atomic mass is 10.2. The molecule has 1 N–H and O–H groups in total. The van der Waals surface area contributed by atoms with Crippen LogP contribution < -0.4 is 9.62 Å². The van der Waals surface area contributed by atoms with Crippen LogP contribution in [0.1, 0.15) is 24.0 Å². The molecule has 0 radical (unpaired) electrons. The summed E-state index contributed by atoms with van der Waals surface area (Å²) in [5.41, 5.74) is 2.87. The van der Waals surface area contributed by atoms with Crippen molar-refractivity contribution in [2.45, 2.75) is 29.1 Å². The second-order valence-electron chi connectivity index (χ2n) is 8.98. The molecule has 0 unspecified atom stereocenters. The van der Waals surface area contributed by atoms with Crippen LogP contribution in [0.25, 0.3) is 6.08 Å². The second-order valence-corrected chi connectivity index (χ2v) is 12.8. The summed E-state index contributed by atoms with van der Waals surface area (Å²) < 4.78 is 54.5. The third-order valence-electron chi connectivity index (χ3n) is 6.56. The van der Waals surface area contributed by atoms with Crippen molar-refractivity contribution in [1.82, 2.24) is 4.31 Å². The van der Waals surface area contributed by atoms with Gasteiger partial charge in [0.15, 0.2) is 0 Å². The Morgan fingerprint density at radius 1 is 0.757 bits per heavy atom. The van der Waals surface area contributed by atoms with E-state index >= 15 is 0 Å². The first-order valence-electron chi connectivity index (χ1n) is 12.1. The fraction of sp³-hybridized carbons (Fsp3) is 0.222. The molecule has 1 fully saturated rings. The van der Waals surface area contributed by atoms with Crippen LogP contribution in [0.15, 0.2) is 88.7 Å². The molecule has 0 bridgehead atoms. The van der Waals surface area contributed by atoms with Crippen molar-refractivity contribution in [3.8, 4) is 0 Å². The lowest BCUT2D eigenvalue weighted by Crippen LogP contribution is -2.29. The van der Waals surface area contributed by atoms with E-state index in [0.717, 1.165) is 18.4 Å². The van der Waals surface area contributed by atoms with E-state index in [-0.39, 0.29) is 15.7 Å². The Bertz CT molecular complexity index is 1540. The number of hydrogen-bond acceptors (Lipinski definition) is 5. The molecule has 0 spiro atoms. The maximum Gasteiger partial charge on any atom is 0.264 e. The fourth-order valence-corrected chi connectivity index (χ4v) is 7.60. The van der Waals surface area contributed by atoms with Crippen LogP contribution in [-0.2, 0) is 31.3 Å². The molecule has 1 saturated heterocycles. The van der Waals surface area contributed by atoms with Crippen molar-refractivity contribution in [1.29, 1.82) is 0 Å². The molecule has 2 aliphatic heterocycles. The van der Waals surface area contributed by atoms with E-state index in [4.69, 9.17) is 0 Å². The maximum absolute atomic E-state index is 13.1. The Balaban J connectivity index is 1.21. The predicted octanol–water partition coefficient (Wildman–Crippen LogP) is 3.87. The van der Waals surface area contributed by atoms with Crippen LogP contribution in [-0.4, -0.2) is 46.7 Å². The summed E-state index contributed by atoms with van der Waals surface area (Å²) in [6.07, 6.45) is 5.34. The minimum Gasteiger partial charge on any atom is -0.323 e. The fourth-order valence-electron chi connectivity index (χ4n) is 4.58. The average Bonchev–Trinajstić information content (AvgIpc) is 3.59. The highest BCUT2D eigenvalue weighted by molar-refractivity contribution is 7.92. The quantitative estimate of drug-likeness (QED) is 0.461. The third kappa shape index (κ3) is 5.18. The van der Waals surface area contributed by atoms with Crippen molar-refractivity contribution < 1.29 is 21.6 Å². The molecule has 0 saturated carbocycles. The molecule has 10 heteroatoms. The number of anilines is 2. The summed E-state index contributed by atoms with van der Waals surface area (Å²) >= 11 is 0. The first-order valence-corrected chi connectivity index (χ1v) is 14.9. The number of para-hydroxylation sites is 1. The molecule has 0 aliphatic carbocycles. The predicted molar refractivity (Wildman–Crippen MR) is 143 cm³/mol. The van der Waals surface area contributed by atoms with Gasteiger partial charge >= 0.3 is 0 Å². The van der Waals surface area contributed by atoms with Gasteiger partial charge < -0.3 is 5.32 Å². The Morgan fingerprint density at radius 3 is 2.08 bits per heavy atom. The summed E-state index contributed by atoms with van der Waals surface area (Å²) in [5, 5.41) is 2.71. The largest absolute Gasteiger partial charge is 0.323 e. The average molecular weight is 538 g/mol. The molecule has 192 valence electrons. The smallest absolute Gasteiger partial charge is 0.264 e. The first-order chi connectivity index (χ1) is 17.7. The van der Waals surface area contributed by atoms with Crippen molar-refractivity contribution in [2.75, 3.05) is 29.3 Å². The van der Waals surface area contributed by atoms with Crippen LogP contribution in [0.4, 0.5) is 11.4 Å². The number of amides is 1. The number of hydrogen-bond donors (Lipinski definition) is 1. The summed E-state index contributed by atoms with van der Waals surface area (Å²) in [5.74, 6) is -0.388. The molecule has 2 heterocycles. The van der Waals surface area contributed by atoms with Crippen LogP contribution in [0.3, 0.4) is 0 Å². The van der Waals surface area contributed by atoms with Crippen molar-refractivity contribution >= 4 is 43.4 Å². The Kier molecular flexibility index (Phi) is 6.89. The number of benzene rings is 3. The summed E-state index contributed by atoms with van der Waals surface area (Å²) in [7, 11) is -7.18. The van der Waals surface area contributed by atoms with Gasteiger partial charge in [-0.3, -0.25) is 9.10 Å². The van der Waals surface area contributed by atoms with Crippen molar-refractivity contribution in [2.24, 2.45) is 0 Å². The monoisotopic (exact) mass is 537 g/mol. The zero-order valence-corrected chi connectivity index (χ0v) is 21.7. The van der Waals surface area contributed by atoms with Gasteiger partial charge in [0.25, 0.3) is 10.0 Å². The minimum atomic E-state index is -3.68. The maximum atomic E-state index is 13.1. The molecule has 3 aromatic carbocycles. The number of fused-ring (bicyclic) bond motifs is 1. The van der Waals surface area contributed by atoms with E-state index in [0.29, 0.717) is 43.0 Å². The van der Waals surface area contributed by atoms with Gasteiger partial charge in [-0.05, 0) is 78.9 Å². The number of sulfonamides is 2.